The van der Waals surface area contributed by atoms with Crippen molar-refractivity contribution >= 4 is 17.2 Å². The summed E-state index contributed by atoms with van der Waals surface area (Å²) < 4.78 is 42.1. The maximum atomic E-state index is 12.6. The van der Waals surface area contributed by atoms with Crippen molar-refractivity contribution in [3.63, 3.8) is 0 Å². The molecule has 0 spiro atoms. The molecule has 0 saturated heterocycles. The maximum Gasteiger partial charge on any atom is 0.471 e. The molecule has 0 radical (unpaired) electrons. The smallest absolute Gasteiger partial charge is 0.338 e. The van der Waals surface area contributed by atoms with Crippen LogP contribution in [0.1, 0.15) is 22.0 Å². The van der Waals surface area contributed by atoms with Gasteiger partial charge in [0.1, 0.15) is 0 Å². The van der Waals surface area contributed by atoms with Crippen LogP contribution in [0.3, 0.4) is 0 Å². The molecule has 1 amide bonds. The molecule has 1 aliphatic heterocycles. The average Bonchev–Trinajstić information content (AvgIpc) is 3.28. The number of thiophene rings is 1. The monoisotopic (exact) mass is 395 g/mol. The van der Waals surface area contributed by atoms with E-state index in [0.29, 0.717) is 30.1 Å². The zero-order valence-corrected chi connectivity index (χ0v) is 14.5. The molecule has 27 heavy (non-hydrogen) atoms. The summed E-state index contributed by atoms with van der Waals surface area (Å²) in [7, 11) is 0. The summed E-state index contributed by atoms with van der Waals surface area (Å²) in [5, 5.41) is 3.41. The van der Waals surface area contributed by atoms with E-state index in [0.717, 1.165) is 10.4 Å². The van der Waals surface area contributed by atoms with Gasteiger partial charge in [0.05, 0.1) is 17.0 Å². The topological polar surface area (TPSA) is 85.0 Å². The van der Waals surface area contributed by atoms with Crippen molar-refractivity contribution in [2.24, 2.45) is 0 Å². The third-order valence-corrected chi connectivity index (χ3v) is 5.29. The van der Waals surface area contributed by atoms with E-state index in [9.17, 15) is 18.0 Å². The number of carbonyl (C=O) groups is 1. The lowest BCUT2D eigenvalue weighted by atomic mass is 10.1. The van der Waals surface area contributed by atoms with Crippen LogP contribution < -0.4 is 0 Å². The Kier molecular flexibility index (Phi) is 4.38. The van der Waals surface area contributed by atoms with Gasteiger partial charge in [0.15, 0.2) is 0 Å². The number of aromatic nitrogens is 4. The van der Waals surface area contributed by atoms with E-state index in [4.69, 9.17) is 0 Å². The van der Waals surface area contributed by atoms with E-state index >= 15 is 0 Å². The molecule has 7 nitrogen and oxygen atoms in total. The van der Waals surface area contributed by atoms with Gasteiger partial charge in [-0.25, -0.2) is 0 Å². The second-order valence-electron chi connectivity index (χ2n) is 5.92. The quantitative estimate of drug-likeness (QED) is 0.678. The van der Waals surface area contributed by atoms with Gasteiger partial charge in [0.2, 0.25) is 11.7 Å². The molecule has 4 rings (SSSR count). The second-order valence-corrected chi connectivity index (χ2v) is 7.06. The fourth-order valence-electron chi connectivity index (χ4n) is 2.78. The van der Waals surface area contributed by atoms with E-state index in [1.54, 1.807) is 17.2 Å². The van der Waals surface area contributed by atoms with Crippen molar-refractivity contribution in [1.82, 2.24) is 25.0 Å². The fraction of sp³-hybridized carbons (Fsp3) is 0.312. The Bertz CT molecular complexity index is 970. The molecule has 140 valence electrons. The lowest BCUT2D eigenvalue weighted by Crippen LogP contribution is -2.36. The molecule has 3 aromatic rings. The lowest BCUT2D eigenvalue weighted by Gasteiger charge is -2.26. The van der Waals surface area contributed by atoms with Crippen molar-refractivity contribution in [3.8, 4) is 10.7 Å². The number of halogens is 3. The zero-order chi connectivity index (χ0) is 19.0. The van der Waals surface area contributed by atoms with Crippen LogP contribution in [0.4, 0.5) is 13.2 Å². The molecule has 3 aromatic heterocycles. The van der Waals surface area contributed by atoms with Crippen LogP contribution >= 0.6 is 11.3 Å². The number of hydrogen-bond donors (Lipinski definition) is 0. The predicted octanol–water partition coefficient (Wildman–Crippen LogP) is 2.73. The summed E-state index contributed by atoms with van der Waals surface area (Å²) in [6, 6.07) is 1.72. The number of carbonyl (C=O) groups excluding carboxylic acids is 1. The van der Waals surface area contributed by atoms with Crippen LogP contribution in [0.5, 0.6) is 0 Å². The van der Waals surface area contributed by atoms with Crippen LogP contribution in [0.25, 0.3) is 10.7 Å². The Hall–Kier alpha value is -2.82. The molecule has 0 bridgehead atoms. The van der Waals surface area contributed by atoms with Crippen LogP contribution in [-0.4, -0.2) is 37.5 Å². The molecular weight excluding hydrogens is 383 g/mol. The average molecular weight is 395 g/mol. The summed E-state index contributed by atoms with van der Waals surface area (Å²) in [5.74, 6) is -1.54. The summed E-state index contributed by atoms with van der Waals surface area (Å²) in [4.78, 5) is 27.1. The first kappa shape index (κ1) is 17.6. The summed E-state index contributed by atoms with van der Waals surface area (Å²) >= 11 is 1.32. The lowest BCUT2D eigenvalue weighted by molar-refractivity contribution is -0.159. The van der Waals surface area contributed by atoms with E-state index in [1.807, 2.05) is 0 Å². The summed E-state index contributed by atoms with van der Waals surface area (Å²) in [6.07, 6.45) is 0.713. The Labute approximate surface area is 154 Å². The third-order valence-electron chi connectivity index (χ3n) is 4.06. The molecule has 0 saturated carbocycles. The van der Waals surface area contributed by atoms with Crippen LogP contribution in [0.15, 0.2) is 29.2 Å². The summed E-state index contributed by atoms with van der Waals surface area (Å²) in [6.45, 7) is 0.918. The van der Waals surface area contributed by atoms with Crippen molar-refractivity contribution in [2.75, 3.05) is 6.54 Å². The SMILES string of the molecule is O=C(Cc1cnccn1)N1CCc2sc(-c3noc(C(F)(F)F)n3)cc2C1. The van der Waals surface area contributed by atoms with Gasteiger partial charge in [0, 0.05) is 36.6 Å². The Balaban J connectivity index is 1.49. The minimum atomic E-state index is -4.67. The molecule has 1 aliphatic rings. The minimum Gasteiger partial charge on any atom is -0.338 e. The summed E-state index contributed by atoms with van der Waals surface area (Å²) in [5.41, 5.74) is 1.47. The van der Waals surface area contributed by atoms with Crippen molar-refractivity contribution < 1.29 is 22.5 Å². The Morgan fingerprint density at radius 2 is 2.19 bits per heavy atom. The zero-order valence-electron chi connectivity index (χ0n) is 13.7. The number of alkyl halides is 3. The van der Waals surface area contributed by atoms with Crippen molar-refractivity contribution in [3.05, 3.63) is 46.7 Å². The van der Waals surface area contributed by atoms with Gasteiger partial charge in [-0.15, -0.1) is 11.3 Å². The number of hydrogen-bond acceptors (Lipinski definition) is 7. The van der Waals surface area contributed by atoms with Gasteiger partial charge in [-0.2, -0.15) is 18.2 Å². The predicted molar refractivity (Wildman–Crippen MR) is 87.5 cm³/mol. The van der Waals surface area contributed by atoms with Crippen molar-refractivity contribution in [2.45, 2.75) is 25.6 Å². The van der Waals surface area contributed by atoms with Gasteiger partial charge in [0.25, 0.3) is 0 Å². The highest BCUT2D eigenvalue weighted by molar-refractivity contribution is 7.15. The Morgan fingerprint density at radius 1 is 1.33 bits per heavy atom. The van der Waals surface area contributed by atoms with Crippen LogP contribution in [0, 0.1) is 0 Å². The molecule has 0 aliphatic carbocycles. The molecule has 0 atom stereocenters. The van der Waals surface area contributed by atoms with Gasteiger partial charge >= 0.3 is 12.1 Å². The molecular formula is C16H12F3N5O2S. The van der Waals surface area contributed by atoms with Crippen LogP contribution in [-0.2, 0) is 30.4 Å². The van der Waals surface area contributed by atoms with E-state index < -0.39 is 12.1 Å². The molecule has 11 heteroatoms. The standard InChI is InChI=1S/C16H12F3N5O2S/c17-16(18,19)15-22-14(23-26-15)12-5-9-8-24(4-1-11(9)27-12)13(25)6-10-7-20-2-3-21-10/h2-3,5,7H,1,4,6,8H2. The largest absolute Gasteiger partial charge is 0.471 e. The molecule has 0 aromatic carbocycles. The molecule has 0 N–H and O–H groups in total. The van der Waals surface area contributed by atoms with Crippen molar-refractivity contribution in [1.29, 1.82) is 0 Å². The third kappa shape index (κ3) is 3.68. The Morgan fingerprint density at radius 3 is 2.89 bits per heavy atom. The highest BCUT2D eigenvalue weighted by Crippen LogP contribution is 2.35. The first-order valence-corrected chi connectivity index (χ1v) is 8.77. The second kappa shape index (κ2) is 6.72. The van der Waals surface area contributed by atoms with E-state index in [-0.39, 0.29) is 18.2 Å². The fourth-order valence-corrected chi connectivity index (χ4v) is 3.87. The number of amides is 1. The minimum absolute atomic E-state index is 0.0761. The molecule has 0 fully saturated rings. The highest BCUT2D eigenvalue weighted by Gasteiger charge is 2.38. The van der Waals surface area contributed by atoms with Gasteiger partial charge in [-0.05, 0) is 18.1 Å². The number of rotatable bonds is 3. The van der Waals surface area contributed by atoms with Gasteiger partial charge < -0.3 is 9.42 Å². The van der Waals surface area contributed by atoms with Gasteiger partial charge in [-0.1, -0.05) is 5.16 Å². The number of fused-ring (bicyclic) bond motifs is 1. The first-order valence-electron chi connectivity index (χ1n) is 7.95. The normalized spacial score (nSPS) is 14.3. The van der Waals surface area contributed by atoms with E-state index in [1.165, 1.54) is 23.7 Å². The van der Waals surface area contributed by atoms with Gasteiger partial charge in [-0.3, -0.25) is 14.8 Å². The number of nitrogens with zero attached hydrogens (tertiary/aromatic N) is 5. The molecule has 0 unspecified atom stereocenters. The van der Waals surface area contributed by atoms with E-state index in [2.05, 4.69) is 24.6 Å². The van der Waals surface area contributed by atoms with Crippen LogP contribution in [0.2, 0.25) is 0 Å². The first-order chi connectivity index (χ1) is 12.9. The maximum absolute atomic E-state index is 12.6. The molecule has 4 heterocycles. The highest BCUT2D eigenvalue weighted by atomic mass is 32.1.